The molecule has 3 amide bonds. The zero-order valence-electron chi connectivity index (χ0n) is 15.7. The molecule has 0 atom stereocenters. The summed E-state index contributed by atoms with van der Waals surface area (Å²) in [7, 11) is 0. The first-order chi connectivity index (χ1) is 13.5. The summed E-state index contributed by atoms with van der Waals surface area (Å²) in [6, 6.07) is 8.69. The predicted molar refractivity (Wildman–Crippen MR) is 102 cm³/mol. The average Bonchev–Trinajstić information content (AvgIpc) is 2.97. The number of nitrogens with zero attached hydrogens (tertiary/aromatic N) is 5. The highest BCUT2D eigenvalue weighted by atomic mass is 16.2. The summed E-state index contributed by atoms with van der Waals surface area (Å²) < 4.78 is 0. The number of hydrogen-bond acceptors (Lipinski definition) is 6. The van der Waals surface area contributed by atoms with Crippen molar-refractivity contribution in [1.29, 1.82) is 0 Å². The minimum absolute atomic E-state index is 0.0462. The fourth-order valence-electron chi connectivity index (χ4n) is 3.61. The van der Waals surface area contributed by atoms with Crippen molar-refractivity contribution in [3.05, 3.63) is 53.5 Å². The maximum absolute atomic E-state index is 12.6. The number of fused-ring (bicyclic) bond motifs is 1. The van der Waals surface area contributed by atoms with Crippen LogP contribution in [0.4, 0.5) is 5.82 Å². The molecule has 0 unspecified atom stereocenters. The zero-order valence-corrected chi connectivity index (χ0v) is 15.7. The van der Waals surface area contributed by atoms with Gasteiger partial charge in [0.15, 0.2) is 0 Å². The summed E-state index contributed by atoms with van der Waals surface area (Å²) in [6.45, 7) is 4.58. The maximum Gasteiger partial charge on any atom is 0.261 e. The lowest BCUT2D eigenvalue weighted by molar-refractivity contribution is -0.131. The fraction of sp³-hybridized carbons (Fsp3) is 0.350. The van der Waals surface area contributed by atoms with Crippen molar-refractivity contribution >= 4 is 23.5 Å². The molecule has 2 aliphatic rings. The van der Waals surface area contributed by atoms with E-state index in [9.17, 15) is 14.4 Å². The summed E-state index contributed by atoms with van der Waals surface area (Å²) in [6.07, 6.45) is 1.68. The number of amides is 3. The van der Waals surface area contributed by atoms with Crippen LogP contribution in [-0.4, -0.2) is 70.2 Å². The van der Waals surface area contributed by atoms with Crippen molar-refractivity contribution in [1.82, 2.24) is 19.8 Å². The number of hydrogen-bond donors (Lipinski definition) is 0. The van der Waals surface area contributed by atoms with Crippen LogP contribution in [0.5, 0.6) is 0 Å². The second-order valence-electron chi connectivity index (χ2n) is 6.94. The summed E-state index contributed by atoms with van der Waals surface area (Å²) in [5.41, 5.74) is 1.73. The largest absolute Gasteiger partial charge is 0.353 e. The Kier molecular flexibility index (Phi) is 4.77. The molecule has 0 aliphatic carbocycles. The molecule has 0 saturated carbocycles. The van der Waals surface area contributed by atoms with E-state index in [1.807, 2.05) is 13.0 Å². The Bertz CT molecular complexity index is 902. The van der Waals surface area contributed by atoms with Gasteiger partial charge in [-0.15, -0.1) is 0 Å². The second-order valence-corrected chi connectivity index (χ2v) is 6.94. The van der Waals surface area contributed by atoms with Crippen molar-refractivity contribution < 1.29 is 14.4 Å². The van der Waals surface area contributed by atoms with Crippen LogP contribution in [0.25, 0.3) is 0 Å². The van der Waals surface area contributed by atoms with E-state index in [1.165, 1.54) is 4.90 Å². The molecule has 1 aromatic heterocycles. The first kappa shape index (κ1) is 18.1. The third-order valence-corrected chi connectivity index (χ3v) is 5.17. The molecule has 3 heterocycles. The van der Waals surface area contributed by atoms with E-state index in [-0.39, 0.29) is 30.7 Å². The Hall–Kier alpha value is -3.29. The van der Waals surface area contributed by atoms with Crippen LogP contribution >= 0.6 is 0 Å². The van der Waals surface area contributed by atoms with E-state index in [2.05, 4.69) is 14.9 Å². The molecule has 4 rings (SSSR count). The van der Waals surface area contributed by atoms with Gasteiger partial charge in [-0.3, -0.25) is 19.3 Å². The maximum atomic E-state index is 12.6. The highest BCUT2D eigenvalue weighted by Crippen LogP contribution is 2.22. The average molecular weight is 379 g/mol. The summed E-state index contributed by atoms with van der Waals surface area (Å²) in [5, 5.41) is 0. The number of anilines is 1. The van der Waals surface area contributed by atoms with Crippen molar-refractivity contribution in [2.45, 2.75) is 13.3 Å². The Morgan fingerprint density at radius 3 is 2.25 bits per heavy atom. The zero-order chi connectivity index (χ0) is 19.7. The lowest BCUT2D eigenvalue weighted by Crippen LogP contribution is -2.49. The van der Waals surface area contributed by atoms with Crippen molar-refractivity contribution in [3.63, 3.8) is 0 Å². The molecule has 2 aromatic rings. The number of piperazine rings is 1. The van der Waals surface area contributed by atoms with E-state index >= 15 is 0 Å². The van der Waals surface area contributed by atoms with E-state index < -0.39 is 0 Å². The van der Waals surface area contributed by atoms with Crippen LogP contribution < -0.4 is 4.90 Å². The van der Waals surface area contributed by atoms with Gasteiger partial charge in [0, 0.05) is 50.9 Å². The lowest BCUT2D eigenvalue weighted by Gasteiger charge is -2.35. The van der Waals surface area contributed by atoms with E-state index in [4.69, 9.17) is 0 Å². The van der Waals surface area contributed by atoms with Gasteiger partial charge in [-0.05, 0) is 19.1 Å². The highest BCUT2D eigenvalue weighted by molar-refractivity contribution is 6.21. The summed E-state index contributed by atoms with van der Waals surface area (Å²) >= 11 is 0. The molecule has 28 heavy (non-hydrogen) atoms. The molecule has 0 bridgehead atoms. The number of carbonyl (C=O) groups excluding carboxylic acids is 3. The number of carbonyl (C=O) groups is 3. The molecule has 1 saturated heterocycles. The second kappa shape index (κ2) is 7.38. The van der Waals surface area contributed by atoms with Gasteiger partial charge in [-0.2, -0.15) is 0 Å². The number of aromatic nitrogens is 2. The highest BCUT2D eigenvalue weighted by Gasteiger charge is 2.35. The van der Waals surface area contributed by atoms with Crippen LogP contribution in [0.1, 0.15) is 32.8 Å². The molecule has 1 fully saturated rings. The first-order valence-electron chi connectivity index (χ1n) is 9.31. The van der Waals surface area contributed by atoms with Gasteiger partial charge < -0.3 is 9.80 Å². The van der Waals surface area contributed by atoms with Crippen LogP contribution in [-0.2, 0) is 4.79 Å². The minimum atomic E-state index is -0.322. The Morgan fingerprint density at radius 2 is 1.64 bits per heavy atom. The summed E-state index contributed by atoms with van der Waals surface area (Å²) in [4.78, 5) is 50.8. The SMILES string of the molecule is Cc1cc(N2CCN(C(=O)CCN3C(=O)c4ccccc4C3=O)CC2)ncn1. The molecule has 2 aliphatic heterocycles. The fourth-order valence-corrected chi connectivity index (χ4v) is 3.61. The Balaban J connectivity index is 1.31. The van der Waals surface area contributed by atoms with Crippen molar-refractivity contribution in [2.24, 2.45) is 0 Å². The monoisotopic (exact) mass is 379 g/mol. The molecular weight excluding hydrogens is 358 g/mol. The van der Waals surface area contributed by atoms with Gasteiger partial charge in [0.2, 0.25) is 5.91 Å². The quantitative estimate of drug-likeness (QED) is 0.740. The number of rotatable bonds is 4. The van der Waals surface area contributed by atoms with Crippen molar-refractivity contribution in [2.75, 3.05) is 37.6 Å². The predicted octanol–water partition coefficient (Wildman–Crippen LogP) is 1.12. The topological polar surface area (TPSA) is 86.7 Å². The van der Waals surface area contributed by atoms with E-state index in [1.54, 1.807) is 35.5 Å². The van der Waals surface area contributed by atoms with Crippen LogP contribution in [0.3, 0.4) is 0 Å². The van der Waals surface area contributed by atoms with Crippen LogP contribution in [0.2, 0.25) is 0 Å². The van der Waals surface area contributed by atoms with Crippen LogP contribution in [0, 0.1) is 6.92 Å². The molecular formula is C20H21N5O3. The normalized spacial score (nSPS) is 16.5. The number of benzene rings is 1. The standard InChI is InChI=1S/C20H21N5O3/c1-14-12-17(22-13-21-14)23-8-10-24(11-9-23)18(26)6-7-25-19(27)15-4-2-3-5-16(15)20(25)28/h2-5,12-13H,6-11H2,1H3. The van der Waals surface area contributed by atoms with Gasteiger partial charge in [-0.1, -0.05) is 12.1 Å². The minimum Gasteiger partial charge on any atom is -0.353 e. The van der Waals surface area contributed by atoms with E-state index in [0.29, 0.717) is 37.3 Å². The van der Waals surface area contributed by atoms with Crippen LogP contribution in [0.15, 0.2) is 36.7 Å². The Labute approximate surface area is 162 Å². The van der Waals surface area contributed by atoms with Gasteiger partial charge >= 0.3 is 0 Å². The smallest absolute Gasteiger partial charge is 0.261 e. The third kappa shape index (κ3) is 3.33. The summed E-state index contributed by atoms with van der Waals surface area (Å²) in [5.74, 6) is 0.176. The van der Waals surface area contributed by atoms with Gasteiger partial charge in [0.05, 0.1) is 11.1 Å². The van der Waals surface area contributed by atoms with Gasteiger partial charge in [-0.25, -0.2) is 9.97 Å². The van der Waals surface area contributed by atoms with Crippen molar-refractivity contribution in [3.8, 4) is 0 Å². The molecule has 144 valence electrons. The third-order valence-electron chi connectivity index (χ3n) is 5.17. The molecule has 8 nitrogen and oxygen atoms in total. The van der Waals surface area contributed by atoms with E-state index in [0.717, 1.165) is 11.5 Å². The van der Waals surface area contributed by atoms with Gasteiger partial charge in [0.1, 0.15) is 12.1 Å². The number of imide groups is 1. The molecule has 0 N–H and O–H groups in total. The molecule has 1 aromatic carbocycles. The first-order valence-corrected chi connectivity index (χ1v) is 9.31. The molecule has 0 spiro atoms. The Morgan fingerprint density at radius 1 is 1.00 bits per heavy atom. The van der Waals surface area contributed by atoms with Gasteiger partial charge in [0.25, 0.3) is 11.8 Å². The lowest BCUT2D eigenvalue weighted by atomic mass is 10.1. The molecule has 8 heteroatoms. The molecule has 0 radical (unpaired) electrons. The number of aryl methyl sites for hydroxylation is 1.